The number of benzene rings is 2. The van der Waals surface area contributed by atoms with Crippen LogP contribution in [0.15, 0.2) is 59.6 Å². The maximum Gasteiger partial charge on any atom is 0.193 e. The molecule has 0 radical (unpaired) electrons. The van der Waals surface area contributed by atoms with Crippen LogP contribution in [-0.4, -0.2) is 31.3 Å². The van der Waals surface area contributed by atoms with Crippen molar-refractivity contribution in [1.82, 2.24) is 5.32 Å². The maximum absolute atomic E-state index is 6.23. The highest BCUT2D eigenvalue weighted by molar-refractivity contribution is 5.92. The monoisotopic (exact) mass is 394 g/mol. The van der Waals surface area contributed by atoms with E-state index < -0.39 is 0 Å². The molecule has 29 heavy (non-hydrogen) atoms. The second-order valence-electron chi connectivity index (χ2n) is 8.28. The molecule has 2 aromatic carbocycles. The van der Waals surface area contributed by atoms with E-state index in [9.17, 15) is 0 Å². The number of aliphatic imine (C=N–C) groups is 1. The molecule has 5 nitrogen and oxygen atoms in total. The van der Waals surface area contributed by atoms with Crippen molar-refractivity contribution in [3.8, 4) is 0 Å². The van der Waals surface area contributed by atoms with Crippen LogP contribution >= 0.6 is 0 Å². The zero-order chi connectivity index (χ0) is 20.7. The lowest BCUT2D eigenvalue weighted by atomic mass is 9.88. The first-order valence-electron chi connectivity index (χ1n) is 10.5. The van der Waals surface area contributed by atoms with E-state index in [0.717, 1.165) is 31.7 Å². The Morgan fingerprint density at radius 2 is 1.72 bits per heavy atom. The van der Waals surface area contributed by atoms with E-state index >= 15 is 0 Å². The number of ether oxygens (including phenoxy) is 1. The number of guanidine groups is 1. The van der Waals surface area contributed by atoms with Crippen LogP contribution in [0, 0.1) is 0 Å². The number of nitrogens with one attached hydrogen (secondary N) is 2. The van der Waals surface area contributed by atoms with Crippen molar-refractivity contribution in [3.63, 3.8) is 0 Å². The molecular weight excluding hydrogens is 360 g/mol. The summed E-state index contributed by atoms with van der Waals surface area (Å²) in [6.45, 7) is 8.68. The van der Waals surface area contributed by atoms with Gasteiger partial charge in [0, 0.05) is 30.5 Å². The Kier molecular flexibility index (Phi) is 7.29. The maximum atomic E-state index is 6.23. The summed E-state index contributed by atoms with van der Waals surface area (Å²) in [4.78, 5) is 4.70. The molecule has 1 aliphatic heterocycles. The molecule has 0 aromatic heterocycles. The largest absolute Gasteiger partial charge is 0.381 e. The fourth-order valence-corrected chi connectivity index (χ4v) is 3.79. The summed E-state index contributed by atoms with van der Waals surface area (Å²) in [5, 5.41) is 7.07. The fraction of sp³-hybridized carbons (Fsp3) is 0.458. The third kappa shape index (κ3) is 6.05. The molecule has 4 N–H and O–H groups in total. The molecule has 1 fully saturated rings. The van der Waals surface area contributed by atoms with Gasteiger partial charge in [0.05, 0.1) is 6.54 Å². The standard InChI is InChI=1S/C24H34N4O/c1-18(2)21-10-7-11-22(16-21)27-23(25)26-17-24(12-14-29-15-13-24)28-19(3)20-8-5-4-6-9-20/h4-11,16,18-19,28H,12-15,17H2,1-3H3,(H3,25,26,27). The summed E-state index contributed by atoms with van der Waals surface area (Å²) in [7, 11) is 0. The first-order valence-corrected chi connectivity index (χ1v) is 10.5. The van der Waals surface area contributed by atoms with E-state index in [1.807, 2.05) is 18.2 Å². The smallest absolute Gasteiger partial charge is 0.193 e. The van der Waals surface area contributed by atoms with Crippen molar-refractivity contribution in [3.05, 3.63) is 65.7 Å². The predicted octanol–water partition coefficient (Wildman–Crippen LogP) is 4.44. The van der Waals surface area contributed by atoms with Gasteiger partial charge in [0.2, 0.25) is 0 Å². The van der Waals surface area contributed by atoms with Crippen LogP contribution < -0.4 is 16.4 Å². The molecule has 2 aromatic rings. The Balaban J connectivity index is 1.68. The average molecular weight is 395 g/mol. The average Bonchev–Trinajstić information content (AvgIpc) is 2.74. The molecule has 0 aliphatic carbocycles. The van der Waals surface area contributed by atoms with Gasteiger partial charge in [-0.05, 0) is 48.9 Å². The van der Waals surface area contributed by atoms with Crippen LogP contribution in [-0.2, 0) is 4.74 Å². The van der Waals surface area contributed by atoms with Crippen LogP contribution in [0.1, 0.15) is 56.7 Å². The Labute approximate surface area is 174 Å². The van der Waals surface area contributed by atoms with Crippen LogP contribution in [0.3, 0.4) is 0 Å². The summed E-state index contributed by atoms with van der Waals surface area (Å²) in [5.74, 6) is 0.926. The van der Waals surface area contributed by atoms with Gasteiger partial charge in [-0.1, -0.05) is 56.3 Å². The van der Waals surface area contributed by atoms with E-state index in [1.165, 1.54) is 11.1 Å². The first kappa shape index (κ1) is 21.3. The lowest BCUT2D eigenvalue weighted by molar-refractivity contribution is 0.0375. The number of anilines is 1. The topological polar surface area (TPSA) is 71.7 Å². The van der Waals surface area contributed by atoms with Crippen LogP contribution in [0.4, 0.5) is 5.69 Å². The van der Waals surface area contributed by atoms with Gasteiger partial charge in [-0.3, -0.25) is 4.99 Å². The predicted molar refractivity (Wildman–Crippen MR) is 121 cm³/mol. The van der Waals surface area contributed by atoms with Gasteiger partial charge in [0.1, 0.15) is 0 Å². The van der Waals surface area contributed by atoms with Crippen molar-refractivity contribution in [2.24, 2.45) is 10.7 Å². The second-order valence-corrected chi connectivity index (χ2v) is 8.28. The highest BCUT2D eigenvalue weighted by Crippen LogP contribution is 2.26. The molecule has 0 spiro atoms. The lowest BCUT2D eigenvalue weighted by Gasteiger charge is -2.39. The SMILES string of the molecule is CC(C)c1cccc(NC(N)=NCC2(NC(C)c3ccccc3)CCOCC2)c1. The van der Waals surface area contributed by atoms with Crippen LogP contribution in [0.25, 0.3) is 0 Å². The molecule has 3 rings (SSSR count). The first-order chi connectivity index (χ1) is 14.0. The molecule has 0 bridgehead atoms. The zero-order valence-corrected chi connectivity index (χ0v) is 17.8. The summed E-state index contributed by atoms with van der Waals surface area (Å²) in [6, 6.07) is 19.1. The summed E-state index contributed by atoms with van der Waals surface area (Å²) in [5.41, 5.74) is 9.65. The second kappa shape index (κ2) is 9.90. The lowest BCUT2D eigenvalue weighted by Crippen LogP contribution is -2.53. The Hall–Kier alpha value is -2.37. The Morgan fingerprint density at radius 3 is 2.41 bits per heavy atom. The number of hydrogen-bond acceptors (Lipinski definition) is 3. The molecule has 0 amide bonds. The van der Waals surface area contributed by atoms with Crippen molar-refractivity contribution in [1.29, 1.82) is 0 Å². The molecule has 1 atom stereocenters. The Morgan fingerprint density at radius 1 is 1.03 bits per heavy atom. The molecule has 1 unspecified atom stereocenters. The summed E-state index contributed by atoms with van der Waals surface area (Å²) in [6.07, 6.45) is 1.84. The minimum Gasteiger partial charge on any atom is -0.381 e. The van der Waals surface area contributed by atoms with Gasteiger partial charge in [-0.15, -0.1) is 0 Å². The van der Waals surface area contributed by atoms with Gasteiger partial charge in [-0.2, -0.15) is 0 Å². The molecule has 156 valence electrons. The van der Waals surface area contributed by atoms with Gasteiger partial charge in [-0.25, -0.2) is 0 Å². The van der Waals surface area contributed by atoms with E-state index in [-0.39, 0.29) is 11.6 Å². The van der Waals surface area contributed by atoms with E-state index in [2.05, 4.69) is 67.8 Å². The van der Waals surface area contributed by atoms with Crippen LogP contribution in [0.2, 0.25) is 0 Å². The number of nitrogens with zero attached hydrogens (tertiary/aromatic N) is 1. The highest BCUT2D eigenvalue weighted by atomic mass is 16.5. The summed E-state index contributed by atoms with van der Waals surface area (Å²) < 4.78 is 5.61. The molecule has 5 heteroatoms. The minimum absolute atomic E-state index is 0.112. The molecule has 1 aliphatic rings. The number of rotatable bonds is 7. The molecule has 1 saturated heterocycles. The third-order valence-electron chi connectivity index (χ3n) is 5.65. The van der Waals surface area contributed by atoms with Crippen molar-refractivity contribution in [2.75, 3.05) is 25.1 Å². The van der Waals surface area contributed by atoms with Crippen LogP contribution in [0.5, 0.6) is 0 Å². The van der Waals surface area contributed by atoms with Gasteiger partial charge < -0.3 is 21.1 Å². The Bertz CT molecular complexity index is 798. The van der Waals surface area contributed by atoms with Crippen molar-refractivity contribution in [2.45, 2.75) is 51.1 Å². The van der Waals surface area contributed by atoms with E-state index in [4.69, 9.17) is 15.5 Å². The van der Waals surface area contributed by atoms with Gasteiger partial charge >= 0.3 is 0 Å². The molecule has 0 saturated carbocycles. The number of hydrogen-bond donors (Lipinski definition) is 3. The third-order valence-corrected chi connectivity index (χ3v) is 5.65. The number of nitrogens with two attached hydrogens (primary N) is 1. The normalized spacial score (nSPS) is 17.9. The fourth-order valence-electron chi connectivity index (χ4n) is 3.79. The summed E-state index contributed by atoms with van der Waals surface area (Å²) >= 11 is 0. The van der Waals surface area contributed by atoms with Gasteiger partial charge in [0.25, 0.3) is 0 Å². The van der Waals surface area contributed by atoms with Crippen molar-refractivity contribution < 1.29 is 4.74 Å². The molecular formula is C24H34N4O. The van der Waals surface area contributed by atoms with Gasteiger partial charge in [0.15, 0.2) is 5.96 Å². The quantitative estimate of drug-likeness (QED) is 0.480. The highest BCUT2D eigenvalue weighted by Gasteiger charge is 2.33. The van der Waals surface area contributed by atoms with E-state index in [1.54, 1.807) is 0 Å². The molecule has 1 heterocycles. The van der Waals surface area contributed by atoms with E-state index in [0.29, 0.717) is 18.4 Å². The zero-order valence-electron chi connectivity index (χ0n) is 17.8. The minimum atomic E-state index is -0.112. The van der Waals surface area contributed by atoms with Crippen molar-refractivity contribution >= 4 is 11.6 Å².